The number of rotatable bonds is 5. The van der Waals surface area contributed by atoms with E-state index in [1.54, 1.807) is 4.52 Å². The third-order valence-electron chi connectivity index (χ3n) is 5.00. The SMILES string of the molecule is NCc1c(Cc2ccc(-c3ccccc3-c3nnn[nH]3)cc2)c(=O)nc2[nH]cnn12. The van der Waals surface area contributed by atoms with E-state index in [1.165, 1.54) is 6.33 Å². The summed E-state index contributed by atoms with van der Waals surface area (Å²) in [5.74, 6) is 0.992. The molecule has 0 saturated carbocycles. The molecule has 5 rings (SSSR count). The normalized spacial score (nSPS) is 11.2. The maximum absolute atomic E-state index is 12.5. The van der Waals surface area contributed by atoms with Crippen molar-refractivity contribution in [1.82, 2.24) is 40.2 Å². The third kappa shape index (κ3) is 3.05. The molecule has 0 atom stereocenters. The maximum atomic E-state index is 12.5. The fourth-order valence-corrected chi connectivity index (χ4v) is 3.56. The van der Waals surface area contributed by atoms with Crippen LogP contribution < -0.4 is 11.3 Å². The van der Waals surface area contributed by atoms with Crippen molar-refractivity contribution in [3.8, 4) is 22.5 Å². The van der Waals surface area contributed by atoms with E-state index in [1.807, 2.05) is 48.5 Å². The zero-order valence-corrected chi connectivity index (χ0v) is 15.8. The number of nitrogens with two attached hydrogens (primary N) is 1. The molecule has 0 fully saturated rings. The Balaban J connectivity index is 1.50. The van der Waals surface area contributed by atoms with E-state index in [9.17, 15) is 4.79 Å². The molecule has 4 N–H and O–H groups in total. The fraction of sp³-hybridized carbons (Fsp3) is 0.100. The molecule has 148 valence electrons. The van der Waals surface area contributed by atoms with Gasteiger partial charge in [0.05, 0.1) is 5.69 Å². The molecule has 0 spiro atoms. The van der Waals surface area contributed by atoms with E-state index in [0.29, 0.717) is 29.3 Å². The highest BCUT2D eigenvalue weighted by Gasteiger charge is 2.15. The van der Waals surface area contributed by atoms with Gasteiger partial charge in [-0.2, -0.15) is 10.1 Å². The number of benzene rings is 2. The molecule has 3 heterocycles. The van der Waals surface area contributed by atoms with E-state index in [0.717, 1.165) is 22.3 Å². The van der Waals surface area contributed by atoms with Crippen LogP contribution in [0.4, 0.5) is 0 Å². The fourth-order valence-electron chi connectivity index (χ4n) is 3.56. The zero-order chi connectivity index (χ0) is 20.5. The van der Waals surface area contributed by atoms with Crippen LogP contribution in [-0.2, 0) is 13.0 Å². The molecular weight excluding hydrogens is 382 g/mol. The number of nitrogens with one attached hydrogen (secondary N) is 2. The highest BCUT2D eigenvalue weighted by Crippen LogP contribution is 2.30. The summed E-state index contributed by atoms with van der Waals surface area (Å²) >= 11 is 0. The standard InChI is InChI=1S/C20H17N9O/c21-10-17-16(19(30)24-20-22-11-23-29(17)20)9-12-5-7-13(8-6-12)14-3-1-2-4-15(14)18-25-27-28-26-18/h1-8,11H,9-10,21H2,(H,22,23,24,30)(H,25,26,27,28). The van der Waals surface area contributed by atoms with Gasteiger partial charge in [-0.3, -0.25) is 4.79 Å². The predicted octanol–water partition coefficient (Wildman–Crippen LogP) is 1.31. The predicted molar refractivity (Wildman–Crippen MR) is 109 cm³/mol. The van der Waals surface area contributed by atoms with Crippen molar-refractivity contribution in [3.63, 3.8) is 0 Å². The van der Waals surface area contributed by atoms with Gasteiger partial charge in [0.15, 0.2) is 5.82 Å². The van der Waals surface area contributed by atoms with Crippen molar-refractivity contribution < 1.29 is 0 Å². The highest BCUT2D eigenvalue weighted by atomic mass is 16.1. The van der Waals surface area contributed by atoms with Crippen LogP contribution in [0.2, 0.25) is 0 Å². The van der Waals surface area contributed by atoms with E-state index < -0.39 is 0 Å². The molecule has 10 nitrogen and oxygen atoms in total. The number of H-pyrrole nitrogens is 2. The molecule has 0 amide bonds. The topological polar surface area (TPSA) is 144 Å². The van der Waals surface area contributed by atoms with Crippen LogP contribution in [0.5, 0.6) is 0 Å². The second-order valence-corrected chi connectivity index (χ2v) is 6.74. The van der Waals surface area contributed by atoms with Gasteiger partial charge in [-0.15, -0.1) is 5.10 Å². The Labute approximate surface area is 169 Å². The second-order valence-electron chi connectivity index (χ2n) is 6.74. The Morgan fingerprint density at radius 1 is 1.03 bits per heavy atom. The summed E-state index contributed by atoms with van der Waals surface area (Å²) in [5.41, 5.74) is 10.7. The summed E-state index contributed by atoms with van der Waals surface area (Å²) < 4.78 is 1.58. The molecule has 30 heavy (non-hydrogen) atoms. The monoisotopic (exact) mass is 399 g/mol. The summed E-state index contributed by atoms with van der Waals surface area (Å²) in [5, 5.41) is 18.3. The van der Waals surface area contributed by atoms with Crippen molar-refractivity contribution >= 4 is 5.78 Å². The van der Waals surface area contributed by atoms with Crippen molar-refractivity contribution in [2.45, 2.75) is 13.0 Å². The van der Waals surface area contributed by atoms with Crippen LogP contribution >= 0.6 is 0 Å². The molecule has 0 radical (unpaired) electrons. The summed E-state index contributed by atoms with van der Waals surface area (Å²) in [4.78, 5) is 19.4. The zero-order valence-electron chi connectivity index (χ0n) is 15.8. The lowest BCUT2D eigenvalue weighted by atomic mass is 9.96. The van der Waals surface area contributed by atoms with Crippen LogP contribution in [0.1, 0.15) is 16.8 Å². The molecule has 0 bridgehead atoms. The van der Waals surface area contributed by atoms with Gasteiger partial charge >= 0.3 is 0 Å². The molecule has 10 heteroatoms. The lowest BCUT2D eigenvalue weighted by molar-refractivity contribution is 0.802. The van der Waals surface area contributed by atoms with E-state index in [2.05, 4.69) is 35.7 Å². The minimum Gasteiger partial charge on any atom is -0.325 e. The van der Waals surface area contributed by atoms with Gasteiger partial charge in [0, 0.05) is 24.1 Å². The van der Waals surface area contributed by atoms with E-state index in [4.69, 9.17) is 5.73 Å². The van der Waals surface area contributed by atoms with Gasteiger partial charge in [-0.25, -0.2) is 9.61 Å². The largest absolute Gasteiger partial charge is 0.325 e. The van der Waals surface area contributed by atoms with Gasteiger partial charge in [-0.1, -0.05) is 48.5 Å². The Kier molecular flexibility index (Phi) is 4.37. The van der Waals surface area contributed by atoms with Crippen molar-refractivity contribution in [2.75, 3.05) is 0 Å². The number of hydrogen-bond donors (Lipinski definition) is 3. The summed E-state index contributed by atoms with van der Waals surface area (Å²) in [6.07, 6.45) is 1.91. The van der Waals surface area contributed by atoms with Gasteiger partial charge in [0.25, 0.3) is 5.56 Å². The quantitative estimate of drug-likeness (QED) is 0.404. The maximum Gasteiger partial charge on any atom is 0.278 e. The minimum atomic E-state index is -0.299. The minimum absolute atomic E-state index is 0.190. The van der Waals surface area contributed by atoms with Crippen LogP contribution in [0, 0.1) is 0 Å². The number of aromatic amines is 2. The summed E-state index contributed by atoms with van der Waals surface area (Å²) in [6.45, 7) is 0.190. The lowest BCUT2D eigenvalue weighted by Crippen LogP contribution is -2.22. The van der Waals surface area contributed by atoms with Gasteiger partial charge in [0.2, 0.25) is 5.78 Å². The van der Waals surface area contributed by atoms with Gasteiger partial charge < -0.3 is 10.7 Å². The lowest BCUT2D eigenvalue weighted by Gasteiger charge is -2.10. The number of tetrazole rings is 1. The van der Waals surface area contributed by atoms with Crippen LogP contribution in [0.25, 0.3) is 28.3 Å². The second kappa shape index (κ2) is 7.33. The summed E-state index contributed by atoms with van der Waals surface area (Å²) in [6, 6.07) is 15.9. The Hall–Kier alpha value is -4.18. The summed E-state index contributed by atoms with van der Waals surface area (Å²) in [7, 11) is 0. The van der Waals surface area contributed by atoms with E-state index in [-0.39, 0.29) is 12.1 Å². The van der Waals surface area contributed by atoms with Crippen LogP contribution in [0.3, 0.4) is 0 Å². The Bertz CT molecular complexity index is 1370. The highest BCUT2D eigenvalue weighted by molar-refractivity contribution is 5.80. The average Bonchev–Trinajstić information content (AvgIpc) is 3.47. The molecular formula is C20H17N9O. The van der Waals surface area contributed by atoms with Crippen molar-refractivity contribution in [3.05, 3.63) is 82.0 Å². The number of nitrogens with zero attached hydrogens (tertiary/aromatic N) is 6. The van der Waals surface area contributed by atoms with Gasteiger partial charge in [-0.05, 0) is 27.1 Å². The molecule has 5 aromatic rings. The average molecular weight is 399 g/mol. The Morgan fingerprint density at radius 2 is 1.83 bits per heavy atom. The van der Waals surface area contributed by atoms with E-state index >= 15 is 0 Å². The molecule has 0 aliphatic heterocycles. The third-order valence-corrected chi connectivity index (χ3v) is 5.00. The first kappa shape index (κ1) is 17.9. The number of hydrogen-bond acceptors (Lipinski definition) is 7. The van der Waals surface area contributed by atoms with Crippen LogP contribution in [0.15, 0.2) is 59.7 Å². The number of aromatic nitrogens is 8. The Morgan fingerprint density at radius 3 is 2.57 bits per heavy atom. The first-order valence-electron chi connectivity index (χ1n) is 9.31. The molecule has 0 saturated heterocycles. The van der Waals surface area contributed by atoms with Gasteiger partial charge in [0.1, 0.15) is 6.33 Å². The molecule has 0 aliphatic carbocycles. The molecule has 0 aliphatic rings. The number of fused-ring (bicyclic) bond motifs is 1. The first-order chi connectivity index (χ1) is 14.7. The first-order valence-corrected chi connectivity index (χ1v) is 9.31. The smallest absolute Gasteiger partial charge is 0.278 e. The van der Waals surface area contributed by atoms with Crippen molar-refractivity contribution in [1.29, 1.82) is 0 Å². The molecule has 2 aromatic carbocycles. The van der Waals surface area contributed by atoms with Crippen LogP contribution in [-0.4, -0.2) is 40.2 Å². The molecule has 0 unspecified atom stereocenters. The van der Waals surface area contributed by atoms with Crippen molar-refractivity contribution in [2.24, 2.45) is 5.73 Å². The molecule has 3 aromatic heterocycles.